The van der Waals surface area contributed by atoms with E-state index in [0.717, 1.165) is 41.3 Å². The van der Waals surface area contributed by atoms with Crippen LogP contribution in [0.2, 0.25) is 0 Å². The molecule has 0 atom stereocenters. The van der Waals surface area contributed by atoms with Gasteiger partial charge in [0.1, 0.15) is 4.34 Å². The maximum absolute atomic E-state index is 12.5. The first kappa shape index (κ1) is 22.3. The highest BCUT2D eigenvalue weighted by Crippen LogP contribution is 2.27. The van der Waals surface area contributed by atoms with Crippen molar-refractivity contribution in [2.75, 3.05) is 6.61 Å². The lowest BCUT2D eigenvalue weighted by Crippen LogP contribution is -2.46. The average molecular weight is 448 g/mol. The van der Waals surface area contributed by atoms with Crippen molar-refractivity contribution >= 4 is 41.0 Å². The van der Waals surface area contributed by atoms with Gasteiger partial charge >= 0.3 is 12.0 Å². The van der Waals surface area contributed by atoms with Crippen molar-refractivity contribution in [1.82, 2.24) is 15.6 Å². The number of urea groups is 1. The number of carbonyl (C=O) groups excluding carboxylic acids is 3. The van der Waals surface area contributed by atoms with E-state index in [9.17, 15) is 14.4 Å². The largest absolute Gasteiger partial charge is 0.452 e. The highest BCUT2D eigenvalue weighted by atomic mass is 32.2. The van der Waals surface area contributed by atoms with Gasteiger partial charge in [-0.25, -0.2) is 14.6 Å². The van der Waals surface area contributed by atoms with Crippen LogP contribution in [0.3, 0.4) is 0 Å². The van der Waals surface area contributed by atoms with Gasteiger partial charge in [0.25, 0.3) is 5.91 Å². The molecular weight excluding hydrogens is 422 g/mol. The minimum absolute atomic E-state index is 0.0973. The summed E-state index contributed by atoms with van der Waals surface area (Å²) in [4.78, 5) is 40.8. The first-order valence-electron chi connectivity index (χ1n) is 9.91. The molecule has 0 saturated heterocycles. The fourth-order valence-electron chi connectivity index (χ4n) is 3.22. The van der Waals surface area contributed by atoms with Crippen LogP contribution < -0.4 is 10.6 Å². The molecule has 3 rings (SSSR count). The van der Waals surface area contributed by atoms with E-state index in [0.29, 0.717) is 11.3 Å². The minimum Gasteiger partial charge on any atom is -0.452 e. The topological polar surface area (TPSA) is 97.4 Å². The number of hydrogen-bond donors (Lipinski definition) is 2. The zero-order chi connectivity index (χ0) is 21.3. The molecule has 0 aliphatic heterocycles. The Morgan fingerprint density at radius 2 is 1.97 bits per heavy atom. The van der Waals surface area contributed by atoms with Gasteiger partial charge in [0, 0.05) is 22.9 Å². The van der Waals surface area contributed by atoms with E-state index in [2.05, 4.69) is 15.6 Å². The molecule has 1 saturated carbocycles. The van der Waals surface area contributed by atoms with Crippen LogP contribution in [0.15, 0.2) is 34.0 Å². The lowest BCUT2D eigenvalue weighted by Gasteiger charge is -2.22. The fraction of sp³-hybridized carbons (Fsp3) is 0.429. The third-order valence-corrected chi connectivity index (χ3v) is 6.90. The Morgan fingerprint density at radius 3 is 2.70 bits per heavy atom. The Labute approximate surface area is 184 Å². The smallest absolute Gasteiger partial charge is 0.338 e. The van der Waals surface area contributed by atoms with Crippen molar-refractivity contribution in [2.45, 2.75) is 55.2 Å². The van der Waals surface area contributed by atoms with Crippen molar-refractivity contribution in [2.24, 2.45) is 0 Å². The molecule has 1 aromatic heterocycles. The van der Waals surface area contributed by atoms with Crippen molar-refractivity contribution < 1.29 is 19.1 Å². The highest BCUT2D eigenvalue weighted by Gasteiger charge is 2.19. The van der Waals surface area contributed by atoms with Crippen LogP contribution in [0.1, 0.15) is 53.7 Å². The molecule has 3 amide bonds. The summed E-state index contributed by atoms with van der Waals surface area (Å²) in [6.07, 6.45) is 5.18. The summed E-state index contributed by atoms with van der Waals surface area (Å²) in [5.41, 5.74) is 2.17. The first-order chi connectivity index (χ1) is 14.5. The van der Waals surface area contributed by atoms with Crippen molar-refractivity contribution in [3.8, 4) is 0 Å². The van der Waals surface area contributed by atoms with Gasteiger partial charge in [0.15, 0.2) is 6.61 Å². The van der Waals surface area contributed by atoms with Crippen molar-refractivity contribution in [1.29, 1.82) is 0 Å². The van der Waals surface area contributed by atoms with E-state index < -0.39 is 24.5 Å². The number of thioether (sulfide) groups is 1. The molecule has 0 spiro atoms. The van der Waals surface area contributed by atoms with Crippen LogP contribution in [0.5, 0.6) is 0 Å². The number of carbonyl (C=O) groups is 3. The maximum atomic E-state index is 12.5. The monoisotopic (exact) mass is 447 g/mol. The zero-order valence-electron chi connectivity index (χ0n) is 16.8. The van der Waals surface area contributed by atoms with Crippen LogP contribution >= 0.6 is 23.1 Å². The van der Waals surface area contributed by atoms with E-state index in [1.807, 2.05) is 24.4 Å². The van der Waals surface area contributed by atoms with Crippen molar-refractivity contribution in [3.63, 3.8) is 0 Å². The Kier molecular flexibility index (Phi) is 8.27. The molecule has 1 aromatic carbocycles. The van der Waals surface area contributed by atoms with Gasteiger partial charge in [-0.2, -0.15) is 0 Å². The molecule has 1 heterocycles. The summed E-state index contributed by atoms with van der Waals surface area (Å²) in [6, 6.07) is 6.66. The number of rotatable bonds is 7. The number of nitrogens with one attached hydrogen (secondary N) is 2. The Balaban J connectivity index is 1.47. The van der Waals surface area contributed by atoms with Gasteiger partial charge in [0.2, 0.25) is 0 Å². The van der Waals surface area contributed by atoms with Gasteiger partial charge in [-0.15, -0.1) is 11.3 Å². The molecule has 9 heteroatoms. The molecule has 160 valence electrons. The van der Waals surface area contributed by atoms with Gasteiger partial charge in [-0.05, 0) is 31.4 Å². The molecule has 2 aromatic rings. The van der Waals surface area contributed by atoms with Crippen LogP contribution in [-0.4, -0.2) is 35.5 Å². The second kappa shape index (κ2) is 11.1. The lowest BCUT2D eigenvalue weighted by molar-refractivity contribution is -0.123. The lowest BCUT2D eigenvalue weighted by atomic mass is 9.96. The molecule has 1 aliphatic rings. The maximum Gasteiger partial charge on any atom is 0.338 e. The van der Waals surface area contributed by atoms with Gasteiger partial charge in [-0.3, -0.25) is 10.1 Å². The second-order valence-corrected chi connectivity index (χ2v) is 9.21. The van der Waals surface area contributed by atoms with E-state index in [4.69, 9.17) is 4.74 Å². The molecular formula is C21H25N3O4S2. The van der Waals surface area contributed by atoms with E-state index in [1.165, 1.54) is 6.42 Å². The number of esters is 1. The molecule has 0 bridgehead atoms. The summed E-state index contributed by atoms with van der Waals surface area (Å²) in [5.74, 6) is -0.681. The first-order valence-corrected chi connectivity index (χ1v) is 11.8. The minimum atomic E-state index is -0.651. The highest BCUT2D eigenvalue weighted by molar-refractivity contribution is 8.00. The molecule has 0 radical (unpaired) electrons. The summed E-state index contributed by atoms with van der Waals surface area (Å²) in [5, 5.41) is 6.99. The third-order valence-electron chi connectivity index (χ3n) is 4.71. The molecule has 1 aliphatic carbocycles. The van der Waals surface area contributed by atoms with E-state index >= 15 is 0 Å². The predicted octanol–water partition coefficient (Wildman–Crippen LogP) is 4.06. The summed E-state index contributed by atoms with van der Waals surface area (Å²) < 4.78 is 6.05. The number of aromatic nitrogens is 1. The number of thiazole rings is 1. The van der Waals surface area contributed by atoms with Gasteiger partial charge < -0.3 is 10.1 Å². The van der Waals surface area contributed by atoms with Crippen LogP contribution in [0.25, 0.3) is 0 Å². The normalized spacial score (nSPS) is 14.2. The van der Waals surface area contributed by atoms with Crippen LogP contribution in [0, 0.1) is 6.92 Å². The Hall–Kier alpha value is -2.39. The van der Waals surface area contributed by atoms with Crippen LogP contribution in [0.4, 0.5) is 4.79 Å². The summed E-state index contributed by atoms with van der Waals surface area (Å²) in [6.45, 7) is 1.43. The number of ether oxygens (including phenoxy) is 1. The predicted molar refractivity (Wildman–Crippen MR) is 117 cm³/mol. The summed E-state index contributed by atoms with van der Waals surface area (Å²) in [7, 11) is 0. The molecule has 1 fully saturated rings. The van der Waals surface area contributed by atoms with Crippen LogP contribution in [-0.2, 0) is 15.3 Å². The number of nitrogens with zero attached hydrogens (tertiary/aromatic N) is 1. The Morgan fingerprint density at radius 1 is 1.20 bits per heavy atom. The number of amides is 3. The number of aryl methyl sites for hydroxylation is 1. The zero-order valence-corrected chi connectivity index (χ0v) is 18.4. The Bertz CT molecular complexity index is 894. The number of hydrogen-bond acceptors (Lipinski definition) is 7. The van der Waals surface area contributed by atoms with Crippen molar-refractivity contribution in [3.05, 3.63) is 46.5 Å². The van der Waals surface area contributed by atoms with Gasteiger partial charge in [0.05, 0.1) is 5.56 Å². The van der Waals surface area contributed by atoms with E-state index in [-0.39, 0.29) is 6.04 Å². The number of imide groups is 1. The standard InChI is InChI=1S/C21H25N3O4S2/c1-14-12-29-21(22-14)30-13-15-7-5-6-10-17(15)19(26)28-11-18(25)24-20(27)23-16-8-3-2-4-9-16/h5-7,10,12,16H,2-4,8-9,11,13H2,1H3,(H2,23,24,25,27). The fourth-order valence-corrected chi connectivity index (χ4v) is 5.08. The number of benzene rings is 1. The van der Waals surface area contributed by atoms with E-state index in [1.54, 1.807) is 35.2 Å². The average Bonchev–Trinajstić information content (AvgIpc) is 3.16. The molecule has 2 N–H and O–H groups in total. The molecule has 0 unspecified atom stereocenters. The second-order valence-electron chi connectivity index (χ2n) is 7.13. The SMILES string of the molecule is Cc1csc(SCc2ccccc2C(=O)OCC(=O)NC(=O)NC2CCCCC2)n1. The third kappa shape index (κ3) is 6.84. The summed E-state index contributed by atoms with van der Waals surface area (Å²) >= 11 is 3.10. The molecule has 7 nitrogen and oxygen atoms in total. The van der Waals surface area contributed by atoms with Gasteiger partial charge in [-0.1, -0.05) is 49.2 Å². The molecule has 30 heavy (non-hydrogen) atoms. The quantitative estimate of drug-likeness (QED) is 0.491.